The first-order chi connectivity index (χ1) is 8.86. The number of carbonyl (C=O) groups is 1. The van der Waals surface area contributed by atoms with Gasteiger partial charge in [0.15, 0.2) is 0 Å². The Kier molecular flexibility index (Phi) is 3.43. The van der Waals surface area contributed by atoms with E-state index in [9.17, 15) is 18.0 Å². The van der Waals surface area contributed by atoms with Crippen molar-refractivity contribution in [1.82, 2.24) is 15.2 Å². The second-order valence-corrected chi connectivity index (χ2v) is 3.95. The van der Waals surface area contributed by atoms with Crippen LogP contribution in [0.25, 0.3) is 0 Å². The summed E-state index contributed by atoms with van der Waals surface area (Å²) in [6, 6.07) is 2.75. The molecule has 9 heteroatoms. The van der Waals surface area contributed by atoms with Crippen LogP contribution >= 0.6 is 11.6 Å². The zero-order valence-electron chi connectivity index (χ0n) is 9.12. The van der Waals surface area contributed by atoms with Crippen molar-refractivity contribution in [3.63, 3.8) is 0 Å². The van der Waals surface area contributed by atoms with Gasteiger partial charge in [0, 0.05) is 10.7 Å². The highest BCUT2D eigenvalue weighted by atomic mass is 35.5. The Morgan fingerprint density at radius 1 is 1.32 bits per heavy atom. The third-order valence-electron chi connectivity index (χ3n) is 2.11. The molecule has 0 spiro atoms. The molecule has 1 heterocycles. The number of nitrogens with zero attached hydrogens (tertiary/aromatic N) is 2. The molecule has 5 nitrogen and oxygen atoms in total. The van der Waals surface area contributed by atoms with Crippen LogP contribution in [0.3, 0.4) is 0 Å². The van der Waals surface area contributed by atoms with E-state index >= 15 is 0 Å². The summed E-state index contributed by atoms with van der Waals surface area (Å²) in [5.41, 5.74) is -1.03. The number of benzene rings is 1. The van der Waals surface area contributed by atoms with E-state index in [1.807, 2.05) is 0 Å². The average Bonchev–Trinajstić information content (AvgIpc) is 2.80. The van der Waals surface area contributed by atoms with Crippen LogP contribution in [0, 0.1) is 0 Å². The number of nitrogens with one attached hydrogen (secondary N) is 2. The van der Waals surface area contributed by atoms with Gasteiger partial charge in [0.05, 0.1) is 5.56 Å². The van der Waals surface area contributed by atoms with Crippen LogP contribution in [0.2, 0.25) is 5.02 Å². The number of anilines is 1. The molecule has 2 aromatic rings. The molecule has 0 fully saturated rings. The lowest BCUT2D eigenvalue weighted by molar-refractivity contribution is -0.137. The second-order valence-electron chi connectivity index (χ2n) is 3.51. The first-order valence-electron chi connectivity index (χ1n) is 4.91. The van der Waals surface area contributed by atoms with Gasteiger partial charge in [0.2, 0.25) is 5.82 Å². The molecule has 2 N–H and O–H groups in total. The fourth-order valence-corrected chi connectivity index (χ4v) is 1.57. The highest BCUT2D eigenvalue weighted by Gasteiger charge is 2.31. The second kappa shape index (κ2) is 4.88. The van der Waals surface area contributed by atoms with E-state index in [4.69, 9.17) is 11.6 Å². The molecule has 0 radical (unpaired) electrons. The van der Waals surface area contributed by atoms with Crippen LogP contribution in [0.1, 0.15) is 16.2 Å². The first-order valence-corrected chi connectivity index (χ1v) is 5.28. The maximum atomic E-state index is 12.6. The highest BCUT2D eigenvalue weighted by molar-refractivity contribution is 6.31. The summed E-state index contributed by atoms with van der Waals surface area (Å²) in [4.78, 5) is 15.2. The summed E-state index contributed by atoms with van der Waals surface area (Å²) < 4.78 is 37.7. The summed E-state index contributed by atoms with van der Waals surface area (Å²) in [6.07, 6.45) is -3.44. The molecule has 0 unspecified atom stereocenters. The smallest absolute Gasteiger partial charge is 0.319 e. The minimum Gasteiger partial charge on any atom is -0.319 e. The molecule has 1 aromatic heterocycles. The van der Waals surface area contributed by atoms with Crippen molar-refractivity contribution in [3.8, 4) is 0 Å². The molecule has 0 aliphatic heterocycles. The minimum absolute atomic E-state index is 0.0822. The number of rotatable bonds is 2. The van der Waals surface area contributed by atoms with Crippen molar-refractivity contribution in [2.24, 2.45) is 0 Å². The number of aromatic nitrogens is 3. The predicted molar refractivity (Wildman–Crippen MR) is 60.8 cm³/mol. The van der Waals surface area contributed by atoms with Crippen molar-refractivity contribution in [2.45, 2.75) is 6.18 Å². The van der Waals surface area contributed by atoms with E-state index in [0.717, 1.165) is 18.5 Å². The molecular formula is C10H6ClF3N4O. The first kappa shape index (κ1) is 13.3. The topological polar surface area (TPSA) is 70.7 Å². The number of carbonyl (C=O) groups excluding carboxylic acids is 1. The van der Waals surface area contributed by atoms with Crippen molar-refractivity contribution in [3.05, 3.63) is 40.9 Å². The molecule has 0 aliphatic carbocycles. The molecule has 0 bridgehead atoms. The van der Waals surface area contributed by atoms with E-state index in [-0.39, 0.29) is 16.5 Å². The molecule has 2 rings (SSSR count). The van der Waals surface area contributed by atoms with Gasteiger partial charge in [0.25, 0.3) is 5.91 Å². The molecule has 100 valence electrons. The van der Waals surface area contributed by atoms with E-state index in [1.165, 1.54) is 6.07 Å². The van der Waals surface area contributed by atoms with Crippen LogP contribution in [0.15, 0.2) is 24.5 Å². The van der Waals surface area contributed by atoms with Gasteiger partial charge < -0.3 is 5.32 Å². The number of halogens is 4. The van der Waals surface area contributed by atoms with Gasteiger partial charge in [0.1, 0.15) is 6.33 Å². The minimum atomic E-state index is -4.55. The standard InChI is InChI=1S/C10H6ClF3N4O/c11-6-1-5(10(12,13)14)2-7(3-6)17-9(19)8-15-4-16-18-8/h1-4H,(H,17,19)(H,15,16,18). The van der Waals surface area contributed by atoms with Crippen molar-refractivity contribution in [2.75, 3.05) is 5.32 Å². The summed E-state index contributed by atoms with van der Waals surface area (Å²) >= 11 is 5.58. The number of H-pyrrole nitrogens is 1. The molecular weight excluding hydrogens is 285 g/mol. The lowest BCUT2D eigenvalue weighted by Crippen LogP contribution is -2.14. The molecule has 1 aromatic carbocycles. The number of amides is 1. The zero-order valence-corrected chi connectivity index (χ0v) is 9.88. The Labute approximate surface area is 109 Å². The molecule has 0 saturated carbocycles. The number of aromatic amines is 1. The lowest BCUT2D eigenvalue weighted by Gasteiger charge is -2.10. The fraction of sp³-hybridized carbons (Fsp3) is 0.100. The van der Waals surface area contributed by atoms with Crippen LogP contribution in [0.4, 0.5) is 18.9 Å². The maximum absolute atomic E-state index is 12.6. The molecule has 19 heavy (non-hydrogen) atoms. The molecule has 0 saturated heterocycles. The zero-order chi connectivity index (χ0) is 14.0. The SMILES string of the molecule is O=C(Nc1cc(Cl)cc(C(F)(F)F)c1)c1ncn[nH]1. The number of hydrogen-bond donors (Lipinski definition) is 2. The number of hydrogen-bond acceptors (Lipinski definition) is 3. The van der Waals surface area contributed by atoms with E-state index in [0.29, 0.717) is 0 Å². The summed E-state index contributed by atoms with van der Waals surface area (Å²) in [7, 11) is 0. The Bertz CT molecular complexity index is 597. The van der Waals surface area contributed by atoms with Gasteiger partial charge in [-0.1, -0.05) is 11.6 Å². The maximum Gasteiger partial charge on any atom is 0.416 e. The Morgan fingerprint density at radius 2 is 2.05 bits per heavy atom. The van der Waals surface area contributed by atoms with E-state index < -0.39 is 17.6 Å². The Balaban J connectivity index is 2.26. The summed E-state index contributed by atoms with van der Waals surface area (Å²) in [6.45, 7) is 0. The van der Waals surface area contributed by atoms with Crippen LogP contribution in [-0.2, 0) is 6.18 Å². The summed E-state index contributed by atoms with van der Waals surface area (Å²) in [5.74, 6) is -0.832. The van der Waals surface area contributed by atoms with E-state index in [1.54, 1.807) is 0 Å². The molecule has 1 amide bonds. The average molecular weight is 291 g/mol. The van der Waals surface area contributed by atoms with Gasteiger partial charge in [-0.15, -0.1) is 0 Å². The third-order valence-corrected chi connectivity index (χ3v) is 2.33. The van der Waals surface area contributed by atoms with Gasteiger partial charge in [-0.05, 0) is 18.2 Å². The third kappa shape index (κ3) is 3.22. The lowest BCUT2D eigenvalue weighted by atomic mass is 10.2. The van der Waals surface area contributed by atoms with Gasteiger partial charge in [-0.2, -0.15) is 18.3 Å². The van der Waals surface area contributed by atoms with Crippen LogP contribution < -0.4 is 5.32 Å². The van der Waals surface area contributed by atoms with Crippen LogP contribution in [0.5, 0.6) is 0 Å². The predicted octanol–water partition coefficient (Wildman–Crippen LogP) is 2.73. The van der Waals surface area contributed by atoms with Crippen LogP contribution in [-0.4, -0.2) is 21.1 Å². The highest BCUT2D eigenvalue weighted by Crippen LogP contribution is 2.33. The largest absolute Gasteiger partial charge is 0.416 e. The molecule has 0 aliphatic rings. The molecule has 0 atom stereocenters. The van der Waals surface area contributed by atoms with Gasteiger partial charge in [-0.3, -0.25) is 9.89 Å². The van der Waals surface area contributed by atoms with Crippen molar-refractivity contribution >= 4 is 23.2 Å². The van der Waals surface area contributed by atoms with Gasteiger partial charge >= 0.3 is 6.18 Å². The quantitative estimate of drug-likeness (QED) is 0.893. The normalized spacial score (nSPS) is 11.4. The van der Waals surface area contributed by atoms with E-state index in [2.05, 4.69) is 20.5 Å². The monoisotopic (exact) mass is 290 g/mol. The Morgan fingerprint density at radius 3 is 2.63 bits per heavy atom. The number of alkyl halides is 3. The van der Waals surface area contributed by atoms with Crippen molar-refractivity contribution in [1.29, 1.82) is 0 Å². The fourth-order valence-electron chi connectivity index (χ4n) is 1.33. The Hall–Kier alpha value is -2.09. The summed E-state index contributed by atoms with van der Waals surface area (Å²) in [5, 5.41) is 7.85. The van der Waals surface area contributed by atoms with Gasteiger partial charge in [-0.25, -0.2) is 4.98 Å². The van der Waals surface area contributed by atoms with Crippen molar-refractivity contribution < 1.29 is 18.0 Å².